The summed E-state index contributed by atoms with van der Waals surface area (Å²) < 4.78 is 12.5. The molecule has 1 aliphatic heterocycles. The fraction of sp³-hybridized carbons (Fsp3) is 1.00. The predicted octanol–water partition coefficient (Wildman–Crippen LogP) is 5.14. The molecule has 0 aromatic heterocycles. The fourth-order valence-corrected chi connectivity index (χ4v) is 9.51. The lowest BCUT2D eigenvalue weighted by Crippen LogP contribution is -2.56. The highest BCUT2D eigenvalue weighted by atomic mass is 79.9. The summed E-state index contributed by atoms with van der Waals surface area (Å²) in [7, 11) is 0. The molecule has 1 N–H and O–H groups in total. The van der Waals surface area contributed by atoms with E-state index in [2.05, 4.69) is 29.8 Å². The van der Waals surface area contributed by atoms with Gasteiger partial charge in [0.15, 0.2) is 5.79 Å². The molecule has 0 radical (unpaired) electrons. The SMILES string of the molecule is C[C@]12CC[C@H](O)C[C@@H]1CC[C@@H]1[C@@H]2CC[C@]2(C)[C@@H](C3(CBr)OCCO3)CC[C@@H]12. The van der Waals surface area contributed by atoms with E-state index in [9.17, 15) is 5.11 Å². The lowest BCUT2D eigenvalue weighted by molar-refractivity contribution is -0.214. The number of rotatable bonds is 2. The minimum Gasteiger partial charge on any atom is -0.393 e. The second-order valence-electron chi connectivity index (χ2n) is 10.9. The molecule has 8 atom stereocenters. The Bertz CT molecular complexity index is 576. The highest BCUT2D eigenvalue weighted by Gasteiger charge is 2.64. The van der Waals surface area contributed by atoms with E-state index < -0.39 is 0 Å². The average Bonchev–Trinajstić information content (AvgIpc) is 3.27. The Balaban J connectivity index is 1.42. The van der Waals surface area contributed by atoms with E-state index in [4.69, 9.17) is 9.47 Å². The van der Waals surface area contributed by atoms with Gasteiger partial charge >= 0.3 is 0 Å². The summed E-state index contributed by atoms with van der Waals surface area (Å²) in [6.07, 6.45) is 11.3. The predicted molar refractivity (Wildman–Crippen MR) is 110 cm³/mol. The van der Waals surface area contributed by atoms with Crippen molar-refractivity contribution in [1.29, 1.82) is 0 Å². The molecule has 0 unspecified atom stereocenters. The smallest absolute Gasteiger partial charge is 0.181 e. The van der Waals surface area contributed by atoms with Crippen molar-refractivity contribution in [2.45, 2.75) is 83.5 Å². The van der Waals surface area contributed by atoms with Gasteiger partial charge in [-0.05, 0) is 92.3 Å². The van der Waals surface area contributed by atoms with Gasteiger partial charge < -0.3 is 14.6 Å². The Morgan fingerprint density at radius 1 is 0.889 bits per heavy atom. The van der Waals surface area contributed by atoms with Crippen LogP contribution >= 0.6 is 15.9 Å². The molecule has 0 aromatic carbocycles. The lowest BCUT2D eigenvalue weighted by atomic mass is 9.44. The van der Waals surface area contributed by atoms with Crippen molar-refractivity contribution in [3.63, 3.8) is 0 Å². The maximum Gasteiger partial charge on any atom is 0.181 e. The van der Waals surface area contributed by atoms with E-state index >= 15 is 0 Å². The first-order chi connectivity index (χ1) is 12.9. The number of hydrogen-bond donors (Lipinski definition) is 1. The van der Waals surface area contributed by atoms with E-state index in [1.165, 1.54) is 44.9 Å². The van der Waals surface area contributed by atoms with Gasteiger partial charge in [-0.3, -0.25) is 0 Å². The molecule has 1 heterocycles. The van der Waals surface area contributed by atoms with E-state index in [0.717, 1.165) is 55.1 Å². The molecule has 3 nitrogen and oxygen atoms in total. The summed E-state index contributed by atoms with van der Waals surface area (Å²) in [6.45, 7) is 6.65. The highest BCUT2D eigenvalue weighted by Crippen LogP contribution is 2.69. The molecule has 4 aliphatic carbocycles. The average molecular weight is 441 g/mol. The lowest BCUT2D eigenvalue weighted by Gasteiger charge is -2.61. The standard InChI is InChI=1S/C23H37BrO3/c1-21-9-7-16(25)13-15(21)3-4-17-18-5-6-20(22(18,2)10-8-19(17)21)23(14-24)26-11-12-27-23/h15-20,25H,3-14H2,1-2H3/t15-,16-,17-,18-,19-,20-,21-,22-/m0/s1. The monoisotopic (exact) mass is 440 g/mol. The highest BCUT2D eigenvalue weighted by molar-refractivity contribution is 9.09. The van der Waals surface area contributed by atoms with E-state index in [1.54, 1.807) is 0 Å². The summed E-state index contributed by atoms with van der Waals surface area (Å²) in [5.74, 6) is 3.46. The number of hydrogen-bond acceptors (Lipinski definition) is 3. The number of halogens is 1. The Labute approximate surface area is 173 Å². The minimum absolute atomic E-state index is 0.0419. The maximum atomic E-state index is 10.2. The quantitative estimate of drug-likeness (QED) is 0.603. The van der Waals surface area contributed by atoms with Crippen LogP contribution in [0.5, 0.6) is 0 Å². The third-order valence-electron chi connectivity index (χ3n) is 10.1. The molecule has 0 bridgehead atoms. The summed E-state index contributed by atoms with van der Waals surface area (Å²) in [4.78, 5) is 0. The maximum absolute atomic E-state index is 10.2. The third-order valence-corrected chi connectivity index (χ3v) is 10.9. The van der Waals surface area contributed by atoms with E-state index in [1.807, 2.05) is 0 Å². The zero-order valence-corrected chi connectivity index (χ0v) is 18.7. The van der Waals surface area contributed by atoms with Crippen molar-refractivity contribution in [3.05, 3.63) is 0 Å². The van der Waals surface area contributed by atoms with Crippen LogP contribution in [0.25, 0.3) is 0 Å². The summed E-state index contributed by atoms with van der Waals surface area (Å²) in [6, 6.07) is 0. The topological polar surface area (TPSA) is 38.7 Å². The van der Waals surface area contributed by atoms with Crippen LogP contribution in [0.1, 0.15) is 71.6 Å². The van der Waals surface area contributed by atoms with Crippen molar-refractivity contribution >= 4 is 15.9 Å². The van der Waals surface area contributed by atoms with Crippen molar-refractivity contribution in [2.75, 3.05) is 18.5 Å². The van der Waals surface area contributed by atoms with Gasteiger partial charge in [-0.1, -0.05) is 29.8 Å². The van der Waals surface area contributed by atoms with Crippen molar-refractivity contribution in [1.82, 2.24) is 0 Å². The fourth-order valence-electron chi connectivity index (χ4n) is 8.80. The first-order valence-corrected chi connectivity index (χ1v) is 12.6. The summed E-state index contributed by atoms with van der Waals surface area (Å²) in [5.41, 5.74) is 0.825. The van der Waals surface area contributed by atoms with Gasteiger partial charge in [0.25, 0.3) is 0 Å². The van der Waals surface area contributed by atoms with Crippen LogP contribution in [0, 0.1) is 40.4 Å². The van der Waals surface area contributed by atoms with Crippen LogP contribution in [-0.2, 0) is 9.47 Å². The van der Waals surface area contributed by atoms with Crippen LogP contribution in [-0.4, -0.2) is 35.5 Å². The van der Waals surface area contributed by atoms with Crippen molar-refractivity contribution in [2.24, 2.45) is 40.4 Å². The van der Waals surface area contributed by atoms with Gasteiger partial charge in [-0.15, -0.1) is 0 Å². The van der Waals surface area contributed by atoms with E-state index in [0.29, 0.717) is 16.7 Å². The number of alkyl halides is 1. The van der Waals surface area contributed by atoms with Gasteiger partial charge in [-0.25, -0.2) is 0 Å². The zero-order valence-electron chi connectivity index (χ0n) is 17.1. The molecule has 4 heteroatoms. The van der Waals surface area contributed by atoms with Crippen LogP contribution in [0.4, 0.5) is 0 Å². The molecule has 4 saturated carbocycles. The zero-order chi connectivity index (χ0) is 18.9. The molecule has 154 valence electrons. The first kappa shape index (κ1) is 19.3. The number of aliphatic hydroxyl groups excluding tert-OH is 1. The molecular formula is C23H37BrO3. The molecule has 5 rings (SSSR count). The molecular weight excluding hydrogens is 404 g/mol. The van der Waals surface area contributed by atoms with Gasteiger partial charge in [0.05, 0.1) is 24.6 Å². The van der Waals surface area contributed by atoms with Crippen LogP contribution < -0.4 is 0 Å². The Kier molecular flexibility index (Phi) is 4.79. The van der Waals surface area contributed by atoms with Gasteiger partial charge in [0.1, 0.15) is 0 Å². The van der Waals surface area contributed by atoms with E-state index in [-0.39, 0.29) is 11.9 Å². The molecule has 5 fully saturated rings. The molecule has 0 spiro atoms. The van der Waals surface area contributed by atoms with Gasteiger partial charge in [0.2, 0.25) is 0 Å². The molecule has 0 aromatic rings. The van der Waals surface area contributed by atoms with Gasteiger partial charge in [0, 0.05) is 5.92 Å². The number of fused-ring (bicyclic) bond motifs is 5. The number of aliphatic hydroxyl groups is 1. The normalized spacial score (nSPS) is 54.2. The molecule has 5 aliphatic rings. The second kappa shape index (κ2) is 6.68. The summed E-state index contributed by atoms with van der Waals surface area (Å²) in [5, 5.41) is 11.0. The summed E-state index contributed by atoms with van der Waals surface area (Å²) >= 11 is 3.74. The van der Waals surface area contributed by atoms with Gasteiger partial charge in [-0.2, -0.15) is 0 Å². The minimum atomic E-state index is -0.383. The van der Waals surface area contributed by atoms with Crippen molar-refractivity contribution in [3.8, 4) is 0 Å². The van der Waals surface area contributed by atoms with Crippen LogP contribution in [0.15, 0.2) is 0 Å². The Morgan fingerprint density at radius 3 is 2.33 bits per heavy atom. The number of ether oxygens (including phenoxy) is 2. The molecule has 1 saturated heterocycles. The van der Waals surface area contributed by atoms with Crippen LogP contribution in [0.3, 0.4) is 0 Å². The Hall–Kier alpha value is 0.360. The first-order valence-electron chi connectivity index (χ1n) is 11.4. The Morgan fingerprint density at radius 2 is 1.59 bits per heavy atom. The molecule has 27 heavy (non-hydrogen) atoms. The van der Waals surface area contributed by atoms with Crippen molar-refractivity contribution < 1.29 is 14.6 Å². The third kappa shape index (κ3) is 2.68. The second-order valence-corrected chi connectivity index (χ2v) is 11.5. The molecule has 0 amide bonds. The largest absolute Gasteiger partial charge is 0.393 e. The van der Waals surface area contributed by atoms with Crippen LogP contribution in [0.2, 0.25) is 0 Å².